The topological polar surface area (TPSA) is 66.3 Å². The van der Waals surface area contributed by atoms with Gasteiger partial charge in [0, 0.05) is 17.9 Å². The summed E-state index contributed by atoms with van der Waals surface area (Å²) in [6.07, 6.45) is 3.49. The highest BCUT2D eigenvalue weighted by Crippen LogP contribution is 2.15. The summed E-state index contributed by atoms with van der Waals surface area (Å²) < 4.78 is 5.07. The Balaban J connectivity index is 1.39. The van der Waals surface area contributed by atoms with E-state index in [1.54, 1.807) is 24.3 Å². The quantitative estimate of drug-likeness (QED) is 0.418. The smallest absolute Gasteiger partial charge is 0.291 e. The number of benzene rings is 2. The van der Waals surface area contributed by atoms with E-state index >= 15 is 0 Å². The maximum absolute atomic E-state index is 11.9. The van der Waals surface area contributed by atoms with E-state index in [2.05, 4.69) is 40.2 Å². The largest absolute Gasteiger partial charge is 0.459 e. The Hall–Kier alpha value is -3.12. The van der Waals surface area contributed by atoms with Gasteiger partial charge in [-0.05, 0) is 67.0 Å². The minimum atomic E-state index is -0.281. The van der Waals surface area contributed by atoms with E-state index in [4.69, 9.17) is 16.6 Å². The van der Waals surface area contributed by atoms with Gasteiger partial charge in [0.15, 0.2) is 10.9 Å². The number of hydrogen-bond acceptors (Lipinski definition) is 3. The standard InChI is InChI=1S/C21H21N3O2S/c25-20(19-9-5-15-26-19)23-17-10-12-18(13-11-17)24-21(27)22-14-4-8-16-6-2-1-3-7-16/h1-3,5-7,9-13,15H,4,8,14H2,(H,23,25)(H2,22,24,27). The lowest BCUT2D eigenvalue weighted by molar-refractivity contribution is 0.0996. The van der Waals surface area contributed by atoms with Crippen molar-refractivity contribution in [2.45, 2.75) is 12.8 Å². The van der Waals surface area contributed by atoms with Crippen molar-refractivity contribution in [3.63, 3.8) is 0 Å². The Morgan fingerprint density at radius 1 is 0.889 bits per heavy atom. The Labute approximate surface area is 163 Å². The number of nitrogens with one attached hydrogen (secondary N) is 3. The number of carbonyl (C=O) groups excluding carboxylic acids is 1. The van der Waals surface area contributed by atoms with Crippen LogP contribution in [0.15, 0.2) is 77.4 Å². The molecular formula is C21H21N3O2S. The van der Waals surface area contributed by atoms with Crippen molar-refractivity contribution < 1.29 is 9.21 Å². The van der Waals surface area contributed by atoms with Crippen LogP contribution in [0.25, 0.3) is 0 Å². The summed E-state index contributed by atoms with van der Waals surface area (Å²) in [6, 6.07) is 21.0. The van der Waals surface area contributed by atoms with Gasteiger partial charge in [0.05, 0.1) is 6.26 Å². The molecular weight excluding hydrogens is 358 g/mol. The van der Waals surface area contributed by atoms with Crippen LogP contribution in [0.2, 0.25) is 0 Å². The van der Waals surface area contributed by atoms with E-state index in [1.165, 1.54) is 11.8 Å². The molecule has 0 spiro atoms. The monoisotopic (exact) mass is 379 g/mol. The summed E-state index contributed by atoms with van der Waals surface area (Å²) in [6.45, 7) is 0.804. The molecule has 3 aromatic rings. The molecule has 138 valence electrons. The normalized spacial score (nSPS) is 10.2. The minimum absolute atomic E-state index is 0.276. The van der Waals surface area contributed by atoms with E-state index in [9.17, 15) is 4.79 Å². The van der Waals surface area contributed by atoms with Crippen LogP contribution in [-0.2, 0) is 6.42 Å². The van der Waals surface area contributed by atoms with E-state index in [1.807, 2.05) is 18.2 Å². The van der Waals surface area contributed by atoms with Gasteiger partial charge in [0.25, 0.3) is 5.91 Å². The number of aryl methyl sites for hydroxylation is 1. The minimum Gasteiger partial charge on any atom is -0.459 e. The SMILES string of the molecule is O=C(Nc1ccc(NC(=S)NCCCc2ccccc2)cc1)c1ccco1. The molecule has 1 aromatic heterocycles. The Bertz CT molecular complexity index is 862. The van der Waals surface area contributed by atoms with Crippen LogP contribution >= 0.6 is 12.2 Å². The molecule has 3 rings (SSSR count). The molecule has 3 N–H and O–H groups in total. The molecule has 0 fully saturated rings. The highest BCUT2D eigenvalue weighted by atomic mass is 32.1. The van der Waals surface area contributed by atoms with Crippen LogP contribution < -0.4 is 16.0 Å². The van der Waals surface area contributed by atoms with Crippen LogP contribution in [0.5, 0.6) is 0 Å². The molecule has 0 radical (unpaired) electrons. The van der Waals surface area contributed by atoms with Crippen molar-refractivity contribution in [2.24, 2.45) is 0 Å². The molecule has 0 aliphatic rings. The second kappa shape index (κ2) is 9.54. The molecule has 6 heteroatoms. The molecule has 0 bridgehead atoms. The number of furan rings is 1. The molecule has 5 nitrogen and oxygen atoms in total. The zero-order chi connectivity index (χ0) is 18.9. The van der Waals surface area contributed by atoms with Crippen molar-refractivity contribution in [1.29, 1.82) is 0 Å². The van der Waals surface area contributed by atoms with Crippen LogP contribution in [-0.4, -0.2) is 17.6 Å². The molecule has 1 heterocycles. The van der Waals surface area contributed by atoms with Gasteiger partial charge in [-0.2, -0.15) is 0 Å². The van der Waals surface area contributed by atoms with E-state index < -0.39 is 0 Å². The van der Waals surface area contributed by atoms with Gasteiger partial charge in [-0.15, -0.1) is 0 Å². The lowest BCUT2D eigenvalue weighted by Crippen LogP contribution is -2.29. The van der Waals surface area contributed by atoms with Crippen molar-refractivity contribution >= 4 is 34.6 Å². The maximum atomic E-state index is 11.9. The van der Waals surface area contributed by atoms with E-state index in [0.717, 1.165) is 25.1 Å². The molecule has 0 saturated carbocycles. The van der Waals surface area contributed by atoms with Gasteiger partial charge in [-0.3, -0.25) is 4.79 Å². The number of anilines is 2. The molecule has 0 saturated heterocycles. The fourth-order valence-electron chi connectivity index (χ4n) is 2.55. The van der Waals surface area contributed by atoms with Crippen LogP contribution in [0.1, 0.15) is 22.5 Å². The average molecular weight is 379 g/mol. The highest BCUT2D eigenvalue weighted by molar-refractivity contribution is 7.80. The molecule has 2 aromatic carbocycles. The van der Waals surface area contributed by atoms with Gasteiger partial charge in [-0.1, -0.05) is 30.3 Å². The third-order valence-corrected chi connectivity index (χ3v) is 4.16. The summed E-state index contributed by atoms with van der Waals surface area (Å²) >= 11 is 5.32. The first-order valence-electron chi connectivity index (χ1n) is 8.74. The molecule has 27 heavy (non-hydrogen) atoms. The van der Waals surface area contributed by atoms with Gasteiger partial charge in [0.2, 0.25) is 0 Å². The number of hydrogen-bond donors (Lipinski definition) is 3. The zero-order valence-electron chi connectivity index (χ0n) is 14.8. The molecule has 0 atom stereocenters. The third kappa shape index (κ3) is 5.97. The first-order valence-corrected chi connectivity index (χ1v) is 9.15. The van der Waals surface area contributed by atoms with Crippen molar-refractivity contribution in [3.8, 4) is 0 Å². The average Bonchev–Trinajstić information content (AvgIpc) is 3.23. The summed E-state index contributed by atoms with van der Waals surface area (Å²) in [7, 11) is 0. The maximum Gasteiger partial charge on any atom is 0.291 e. The van der Waals surface area contributed by atoms with Gasteiger partial charge in [0.1, 0.15) is 0 Å². The van der Waals surface area contributed by atoms with Gasteiger partial charge in [-0.25, -0.2) is 0 Å². The van der Waals surface area contributed by atoms with E-state index in [-0.39, 0.29) is 11.7 Å². The molecule has 1 amide bonds. The molecule has 0 unspecified atom stereocenters. The lowest BCUT2D eigenvalue weighted by Gasteiger charge is -2.11. The second-order valence-electron chi connectivity index (χ2n) is 5.98. The van der Waals surface area contributed by atoms with Crippen molar-refractivity contribution in [3.05, 3.63) is 84.3 Å². The van der Waals surface area contributed by atoms with Crippen molar-refractivity contribution in [1.82, 2.24) is 5.32 Å². The van der Waals surface area contributed by atoms with Crippen LogP contribution in [0, 0.1) is 0 Å². The Morgan fingerprint density at radius 3 is 2.26 bits per heavy atom. The summed E-state index contributed by atoms with van der Waals surface area (Å²) in [5, 5.41) is 9.70. The fraction of sp³-hybridized carbons (Fsp3) is 0.143. The first kappa shape index (κ1) is 18.7. The van der Waals surface area contributed by atoms with E-state index in [0.29, 0.717) is 10.8 Å². The van der Waals surface area contributed by atoms with Crippen molar-refractivity contribution in [2.75, 3.05) is 17.2 Å². The predicted molar refractivity (Wildman–Crippen MR) is 112 cm³/mol. The van der Waals surface area contributed by atoms with Gasteiger partial charge < -0.3 is 20.4 Å². The Morgan fingerprint density at radius 2 is 1.59 bits per heavy atom. The third-order valence-electron chi connectivity index (χ3n) is 3.92. The number of amides is 1. The summed E-state index contributed by atoms with van der Waals surface area (Å²) in [4.78, 5) is 11.9. The Kier molecular flexibility index (Phi) is 6.60. The van der Waals surface area contributed by atoms with Gasteiger partial charge >= 0.3 is 0 Å². The highest BCUT2D eigenvalue weighted by Gasteiger charge is 2.08. The number of rotatable bonds is 7. The molecule has 0 aliphatic carbocycles. The summed E-state index contributed by atoms with van der Waals surface area (Å²) in [5.41, 5.74) is 2.86. The fourth-order valence-corrected chi connectivity index (χ4v) is 2.77. The van der Waals surface area contributed by atoms with Crippen LogP contribution in [0.4, 0.5) is 11.4 Å². The lowest BCUT2D eigenvalue weighted by atomic mass is 10.1. The number of carbonyl (C=O) groups is 1. The predicted octanol–water partition coefficient (Wildman–Crippen LogP) is 4.45. The molecule has 0 aliphatic heterocycles. The number of thiocarbonyl (C=S) groups is 1. The van der Waals surface area contributed by atoms with Crippen LogP contribution in [0.3, 0.4) is 0 Å². The zero-order valence-corrected chi connectivity index (χ0v) is 15.6. The first-order chi connectivity index (χ1) is 13.2. The second-order valence-corrected chi connectivity index (χ2v) is 6.39. The summed E-state index contributed by atoms with van der Waals surface area (Å²) in [5.74, 6) is -0.00519.